The van der Waals surface area contributed by atoms with Crippen molar-refractivity contribution in [3.63, 3.8) is 0 Å². The van der Waals surface area contributed by atoms with E-state index < -0.39 is 5.82 Å². The van der Waals surface area contributed by atoms with Gasteiger partial charge in [-0.05, 0) is 43.1 Å². The van der Waals surface area contributed by atoms with Gasteiger partial charge in [-0.25, -0.2) is 4.39 Å². The fourth-order valence-corrected chi connectivity index (χ4v) is 2.94. The summed E-state index contributed by atoms with van der Waals surface area (Å²) in [6.45, 7) is 3.68. The van der Waals surface area contributed by atoms with E-state index in [9.17, 15) is 9.18 Å². The summed E-state index contributed by atoms with van der Waals surface area (Å²) in [5.74, 6) is -0.725. The highest BCUT2D eigenvalue weighted by Crippen LogP contribution is 2.23. The van der Waals surface area contributed by atoms with E-state index >= 15 is 0 Å². The Labute approximate surface area is 148 Å². The third-order valence-electron chi connectivity index (χ3n) is 4.49. The summed E-state index contributed by atoms with van der Waals surface area (Å²) in [7, 11) is 1.74. The lowest BCUT2D eigenvalue weighted by Crippen LogP contribution is -2.38. The van der Waals surface area contributed by atoms with E-state index in [1.807, 2.05) is 37.3 Å². The van der Waals surface area contributed by atoms with Crippen molar-refractivity contribution in [2.75, 3.05) is 20.1 Å². The minimum absolute atomic E-state index is 0. The minimum atomic E-state index is -0.467. The predicted octanol–water partition coefficient (Wildman–Crippen LogP) is 3.66. The molecule has 0 spiro atoms. The van der Waals surface area contributed by atoms with Crippen LogP contribution in [0.4, 0.5) is 4.39 Å². The van der Waals surface area contributed by atoms with Crippen molar-refractivity contribution in [2.45, 2.75) is 19.4 Å². The number of likely N-dealkylation sites (N-methyl/N-ethyl adjacent to an activating group) is 1. The van der Waals surface area contributed by atoms with Crippen LogP contribution in [0.3, 0.4) is 0 Å². The molecule has 2 aromatic rings. The van der Waals surface area contributed by atoms with Crippen LogP contribution in [-0.2, 0) is 0 Å². The molecule has 1 fully saturated rings. The van der Waals surface area contributed by atoms with Crippen molar-refractivity contribution in [1.82, 2.24) is 10.2 Å². The molecule has 0 aliphatic carbocycles. The molecule has 3 nitrogen and oxygen atoms in total. The molecule has 5 heteroatoms. The number of carbonyl (C=O) groups excluding carboxylic acids is 1. The topological polar surface area (TPSA) is 32.3 Å². The molecule has 0 aromatic heterocycles. The van der Waals surface area contributed by atoms with E-state index in [0.29, 0.717) is 0 Å². The number of benzene rings is 2. The molecule has 1 atom stereocenters. The van der Waals surface area contributed by atoms with E-state index in [4.69, 9.17) is 0 Å². The fourth-order valence-electron chi connectivity index (χ4n) is 2.94. The first-order valence-corrected chi connectivity index (χ1v) is 7.91. The van der Waals surface area contributed by atoms with Gasteiger partial charge in [0.1, 0.15) is 5.82 Å². The number of amides is 1. The van der Waals surface area contributed by atoms with Crippen molar-refractivity contribution in [2.24, 2.45) is 0 Å². The lowest BCUT2D eigenvalue weighted by Gasteiger charge is -2.24. The van der Waals surface area contributed by atoms with Crippen molar-refractivity contribution in [1.29, 1.82) is 0 Å². The number of aryl methyl sites for hydroxylation is 1. The summed E-state index contributed by atoms with van der Waals surface area (Å²) in [5.41, 5.74) is 3.02. The molecule has 1 unspecified atom stereocenters. The molecule has 2 aromatic carbocycles. The zero-order chi connectivity index (χ0) is 16.4. The lowest BCUT2D eigenvalue weighted by molar-refractivity contribution is 0.0739. The molecule has 1 saturated heterocycles. The van der Waals surface area contributed by atoms with Crippen LogP contribution in [0.5, 0.6) is 0 Å². The van der Waals surface area contributed by atoms with Gasteiger partial charge in [0.05, 0.1) is 5.56 Å². The number of rotatable bonds is 3. The van der Waals surface area contributed by atoms with Gasteiger partial charge in [0.2, 0.25) is 0 Å². The maximum atomic E-state index is 14.4. The number of carbonyl (C=O) groups is 1. The van der Waals surface area contributed by atoms with E-state index in [0.717, 1.165) is 36.2 Å². The second kappa shape index (κ2) is 7.77. The molecule has 1 N–H and O–H groups in total. The second-order valence-electron chi connectivity index (χ2n) is 6.12. The van der Waals surface area contributed by atoms with Crippen LogP contribution in [-0.4, -0.2) is 37.0 Å². The Morgan fingerprint density at radius 2 is 1.83 bits per heavy atom. The van der Waals surface area contributed by atoms with Crippen LogP contribution in [0.25, 0.3) is 11.1 Å². The van der Waals surface area contributed by atoms with E-state index in [-0.39, 0.29) is 29.9 Å². The third-order valence-corrected chi connectivity index (χ3v) is 4.49. The summed E-state index contributed by atoms with van der Waals surface area (Å²) in [4.78, 5) is 14.1. The first-order valence-electron chi connectivity index (χ1n) is 7.91. The van der Waals surface area contributed by atoms with Gasteiger partial charge in [0.15, 0.2) is 0 Å². The Kier molecular flexibility index (Phi) is 5.97. The zero-order valence-corrected chi connectivity index (χ0v) is 14.7. The SMILES string of the molecule is Cc1ccc(-c2ccc(C(=O)N(C)C3CCNC3)c(F)c2)cc1.Cl. The van der Waals surface area contributed by atoms with Gasteiger partial charge in [0, 0.05) is 19.6 Å². The molecule has 0 bridgehead atoms. The summed E-state index contributed by atoms with van der Waals surface area (Å²) < 4.78 is 14.4. The summed E-state index contributed by atoms with van der Waals surface area (Å²) in [5, 5.41) is 3.22. The van der Waals surface area contributed by atoms with Crippen LogP contribution >= 0.6 is 12.4 Å². The fraction of sp³-hybridized carbons (Fsp3) is 0.316. The van der Waals surface area contributed by atoms with Crippen LogP contribution in [0.2, 0.25) is 0 Å². The van der Waals surface area contributed by atoms with Crippen molar-refractivity contribution >= 4 is 18.3 Å². The largest absolute Gasteiger partial charge is 0.337 e. The van der Waals surface area contributed by atoms with Gasteiger partial charge >= 0.3 is 0 Å². The predicted molar refractivity (Wildman–Crippen MR) is 97.2 cm³/mol. The Balaban J connectivity index is 0.00000208. The van der Waals surface area contributed by atoms with Crippen LogP contribution in [0.1, 0.15) is 22.3 Å². The Bertz CT molecular complexity index is 712. The highest BCUT2D eigenvalue weighted by molar-refractivity contribution is 5.95. The zero-order valence-electron chi connectivity index (χ0n) is 13.9. The number of hydrogen-bond acceptors (Lipinski definition) is 2. The molecular formula is C19H22ClFN2O. The smallest absolute Gasteiger partial charge is 0.256 e. The normalized spacial score (nSPS) is 16.5. The molecule has 0 saturated carbocycles. The van der Waals surface area contributed by atoms with Gasteiger partial charge in [-0.15, -0.1) is 12.4 Å². The summed E-state index contributed by atoms with van der Waals surface area (Å²) >= 11 is 0. The molecule has 1 heterocycles. The number of nitrogens with zero attached hydrogens (tertiary/aromatic N) is 1. The molecule has 128 valence electrons. The number of halogens is 2. The van der Waals surface area contributed by atoms with Crippen LogP contribution in [0.15, 0.2) is 42.5 Å². The molecule has 3 rings (SSSR count). The van der Waals surface area contributed by atoms with Crippen LogP contribution in [0, 0.1) is 12.7 Å². The Morgan fingerprint density at radius 1 is 1.17 bits per heavy atom. The molecular weight excluding hydrogens is 327 g/mol. The van der Waals surface area contributed by atoms with Crippen LogP contribution < -0.4 is 5.32 Å². The summed E-state index contributed by atoms with van der Waals surface area (Å²) in [6, 6.07) is 12.9. The van der Waals surface area contributed by atoms with Crippen molar-refractivity contribution in [3.05, 3.63) is 59.4 Å². The molecule has 1 amide bonds. The van der Waals surface area contributed by atoms with Gasteiger partial charge in [-0.3, -0.25) is 4.79 Å². The van der Waals surface area contributed by atoms with Gasteiger partial charge in [-0.2, -0.15) is 0 Å². The number of nitrogens with one attached hydrogen (secondary N) is 1. The van der Waals surface area contributed by atoms with E-state index in [2.05, 4.69) is 5.32 Å². The first kappa shape index (κ1) is 18.4. The molecule has 0 radical (unpaired) electrons. The van der Waals surface area contributed by atoms with Gasteiger partial charge in [-0.1, -0.05) is 35.9 Å². The maximum Gasteiger partial charge on any atom is 0.256 e. The maximum absolute atomic E-state index is 14.4. The lowest BCUT2D eigenvalue weighted by atomic mass is 10.0. The highest BCUT2D eigenvalue weighted by Gasteiger charge is 2.25. The van der Waals surface area contributed by atoms with Gasteiger partial charge in [0.25, 0.3) is 5.91 Å². The average Bonchev–Trinajstić information content (AvgIpc) is 3.08. The van der Waals surface area contributed by atoms with Crippen molar-refractivity contribution in [3.8, 4) is 11.1 Å². The summed E-state index contributed by atoms with van der Waals surface area (Å²) in [6.07, 6.45) is 0.908. The monoisotopic (exact) mass is 348 g/mol. The highest BCUT2D eigenvalue weighted by atomic mass is 35.5. The average molecular weight is 349 g/mol. The standard InChI is InChI=1S/C19H21FN2O.ClH/c1-13-3-5-14(6-4-13)15-7-8-17(18(20)11-15)19(23)22(2)16-9-10-21-12-16;/h3-8,11,16,21H,9-10,12H2,1-2H3;1H. The quantitative estimate of drug-likeness (QED) is 0.918. The van der Waals surface area contributed by atoms with Gasteiger partial charge < -0.3 is 10.2 Å². The Morgan fingerprint density at radius 3 is 2.42 bits per heavy atom. The van der Waals surface area contributed by atoms with E-state index in [1.54, 1.807) is 18.0 Å². The molecule has 24 heavy (non-hydrogen) atoms. The number of hydrogen-bond donors (Lipinski definition) is 1. The Hall–Kier alpha value is -1.91. The van der Waals surface area contributed by atoms with E-state index in [1.165, 1.54) is 6.07 Å². The minimum Gasteiger partial charge on any atom is -0.337 e. The third kappa shape index (κ3) is 3.77. The first-order chi connectivity index (χ1) is 11.1. The molecule has 1 aliphatic rings. The molecule has 1 aliphatic heterocycles. The second-order valence-corrected chi connectivity index (χ2v) is 6.12. The van der Waals surface area contributed by atoms with Crippen molar-refractivity contribution < 1.29 is 9.18 Å².